The maximum absolute atomic E-state index is 11.5. The first kappa shape index (κ1) is 14.0. The van der Waals surface area contributed by atoms with Gasteiger partial charge in [0, 0.05) is 31.0 Å². The van der Waals surface area contributed by atoms with E-state index in [2.05, 4.69) is 10.6 Å². The second-order valence-corrected chi connectivity index (χ2v) is 5.31. The average Bonchev–Trinajstić information content (AvgIpc) is 3.07. The molecule has 5 nitrogen and oxygen atoms in total. The van der Waals surface area contributed by atoms with Crippen molar-refractivity contribution in [2.45, 2.75) is 45.1 Å². The van der Waals surface area contributed by atoms with E-state index in [0.29, 0.717) is 25.9 Å². The first-order valence-electron chi connectivity index (χ1n) is 6.23. The molecule has 0 atom stereocenters. The Morgan fingerprint density at radius 1 is 1.35 bits per heavy atom. The van der Waals surface area contributed by atoms with Gasteiger partial charge in [-0.1, -0.05) is 0 Å². The molecule has 0 aromatic rings. The van der Waals surface area contributed by atoms with Crippen LogP contribution in [-0.2, 0) is 9.59 Å². The number of rotatable bonds is 7. The van der Waals surface area contributed by atoms with Crippen molar-refractivity contribution in [3.8, 4) is 0 Å². The molecule has 2 amide bonds. The minimum atomic E-state index is -0.353. The van der Waals surface area contributed by atoms with Crippen molar-refractivity contribution in [1.29, 1.82) is 0 Å². The maximum atomic E-state index is 11.5. The summed E-state index contributed by atoms with van der Waals surface area (Å²) in [5, 5.41) is 5.69. The van der Waals surface area contributed by atoms with Crippen LogP contribution in [0.2, 0.25) is 0 Å². The van der Waals surface area contributed by atoms with Gasteiger partial charge in [0.2, 0.25) is 11.8 Å². The molecule has 17 heavy (non-hydrogen) atoms. The van der Waals surface area contributed by atoms with E-state index in [-0.39, 0.29) is 23.3 Å². The van der Waals surface area contributed by atoms with Crippen LogP contribution in [0.4, 0.5) is 0 Å². The zero-order valence-electron chi connectivity index (χ0n) is 10.7. The summed E-state index contributed by atoms with van der Waals surface area (Å²) >= 11 is 0. The molecule has 0 aromatic heterocycles. The second-order valence-electron chi connectivity index (χ2n) is 5.31. The number of hydrogen-bond acceptors (Lipinski definition) is 3. The van der Waals surface area contributed by atoms with E-state index in [4.69, 9.17) is 5.73 Å². The van der Waals surface area contributed by atoms with Crippen molar-refractivity contribution in [3.63, 3.8) is 0 Å². The number of carbonyl (C=O) groups is 2. The standard InChI is InChI=1S/C12H23N3O2/c1-12(2,8-13)15-10(16)4-3-7-14-11(17)9-5-6-9/h9H,3-8,13H2,1-2H3,(H,14,17)(H,15,16). The number of amides is 2. The second kappa shape index (κ2) is 6.00. The molecule has 0 aromatic carbocycles. The molecule has 98 valence electrons. The Labute approximate surface area is 103 Å². The smallest absolute Gasteiger partial charge is 0.223 e. The third-order valence-electron chi connectivity index (χ3n) is 2.82. The molecule has 1 aliphatic carbocycles. The Kier molecular flexibility index (Phi) is 4.93. The fraction of sp³-hybridized carbons (Fsp3) is 0.833. The van der Waals surface area contributed by atoms with Crippen LogP contribution in [-0.4, -0.2) is 30.4 Å². The zero-order chi connectivity index (χ0) is 12.9. The summed E-state index contributed by atoms with van der Waals surface area (Å²) in [5.41, 5.74) is 5.16. The Hall–Kier alpha value is -1.10. The maximum Gasteiger partial charge on any atom is 0.223 e. The van der Waals surface area contributed by atoms with Crippen LogP contribution < -0.4 is 16.4 Å². The van der Waals surface area contributed by atoms with Crippen LogP contribution in [0.25, 0.3) is 0 Å². The van der Waals surface area contributed by atoms with Gasteiger partial charge in [0.1, 0.15) is 0 Å². The van der Waals surface area contributed by atoms with Gasteiger partial charge in [-0.25, -0.2) is 0 Å². The number of hydrogen-bond donors (Lipinski definition) is 3. The van der Waals surface area contributed by atoms with Gasteiger partial charge in [0.25, 0.3) is 0 Å². The molecule has 0 heterocycles. The van der Waals surface area contributed by atoms with Crippen molar-refractivity contribution < 1.29 is 9.59 Å². The van der Waals surface area contributed by atoms with Gasteiger partial charge >= 0.3 is 0 Å². The summed E-state index contributed by atoms with van der Waals surface area (Å²) in [6, 6.07) is 0. The van der Waals surface area contributed by atoms with Crippen molar-refractivity contribution >= 4 is 11.8 Å². The van der Waals surface area contributed by atoms with E-state index < -0.39 is 0 Å². The molecule has 5 heteroatoms. The fourth-order valence-electron chi connectivity index (χ4n) is 1.44. The molecular formula is C12H23N3O2. The quantitative estimate of drug-likeness (QED) is 0.555. The van der Waals surface area contributed by atoms with Gasteiger partial charge in [0.05, 0.1) is 0 Å². The summed E-state index contributed by atoms with van der Waals surface area (Å²) in [4.78, 5) is 22.8. The summed E-state index contributed by atoms with van der Waals surface area (Å²) in [5.74, 6) is 0.355. The minimum absolute atomic E-state index is 0.0129. The Morgan fingerprint density at radius 3 is 2.53 bits per heavy atom. The lowest BCUT2D eigenvalue weighted by molar-refractivity contribution is -0.124. The molecule has 1 saturated carbocycles. The predicted octanol–water partition coefficient (Wildman–Crippen LogP) is 0.146. The van der Waals surface area contributed by atoms with Crippen LogP contribution in [0.3, 0.4) is 0 Å². The fourth-order valence-corrected chi connectivity index (χ4v) is 1.44. The van der Waals surface area contributed by atoms with E-state index in [0.717, 1.165) is 12.8 Å². The van der Waals surface area contributed by atoms with Crippen molar-refractivity contribution in [2.24, 2.45) is 11.7 Å². The van der Waals surface area contributed by atoms with E-state index in [1.165, 1.54) is 0 Å². The van der Waals surface area contributed by atoms with Gasteiger partial charge in [-0.3, -0.25) is 9.59 Å². The highest BCUT2D eigenvalue weighted by Crippen LogP contribution is 2.28. The lowest BCUT2D eigenvalue weighted by Gasteiger charge is -2.24. The highest BCUT2D eigenvalue weighted by atomic mass is 16.2. The molecule has 4 N–H and O–H groups in total. The van der Waals surface area contributed by atoms with Gasteiger partial charge < -0.3 is 16.4 Å². The van der Waals surface area contributed by atoms with E-state index >= 15 is 0 Å². The van der Waals surface area contributed by atoms with Crippen LogP contribution in [0.15, 0.2) is 0 Å². The Morgan fingerprint density at radius 2 is 2.00 bits per heavy atom. The molecular weight excluding hydrogens is 218 g/mol. The van der Waals surface area contributed by atoms with E-state index in [9.17, 15) is 9.59 Å². The first-order valence-corrected chi connectivity index (χ1v) is 6.23. The van der Waals surface area contributed by atoms with Gasteiger partial charge in [-0.05, 0) is 33.1 Å². The van der Waals surface area contributed by atoms with Crippen LogP contribution in [0.5, 0.6) is 0 Å². The van der Waals surface area contributed by atoms with Gasteiger partial charge in [-0.15, -0.1) is 0 Å². The van der Waals surface area contributed by atoms with Gasteiger partial charge in [0.15, 0.2) is 0 Å². The Balaban J connectivity index is 2.05. The minimum Gasteiger partial charge on any atom is -0.356 e. The number of nitrogens with one attached hydrogen (secondary N) is 2. The SMILES string of the molecule is CC(C)(CN)NC(=O)CCCNC(=O)C1CC1. The monoisotopic (exact) mass is 241 g/mol. The number of carbonyl (C=O) groups excluding carboxylic acids is 2. The van der Waals surface area contributed by atoms with Crippen molar-refractivity contribution in [1.82, 2.24) is 10.6 Å². The van der Waals surface area contributed by atoms with E-state index in [1.54, 1.807) is 0 Å². The first-order chi connectivity index (χ1) is 7.94. The van der Waals surface area contributed by atoms with Crippen LogP contribution in [0, 0.1) is 5.92 Å². The predicted molar refractivity (Wildman–Crippen MR) is 66.2 cm³/mol. The molecule has 0 bridgehead atoms. The van der Waals surface area contributed by atoms with Crippen LogP contribution in [0.1, 0.15) is 39.5 Å². The molecule has 1 aliphatic rings. The largest absolute Gasteiger partial charge is 0.356 e. The molecule has 0 spiro atoms. The zero-order valence-corrected chi connectivity index (χ0v) is 10.7. The molecule has 1 fully saturated rings. The molecule has 1 rings (SSSR count). The third-order valence-corrected chi connectivity index (χ3v) is 2.82. The summed E-state index contributed by atoms with van der Waals surface area (Å²) in [6.07, 6.45) is 3.12. The third kappa shape index (κ3) is 5.68. The van der Waals surface area contributed by atoms with Crippen molar-refractivity contribution in [2.75, 3.05) is 13.1 Å². The lowest BCUT2D eigenvalue weighted by atomic mass is 10.1. The molecule has 0 aliphatic heterocycles. The summed E-state index contributed by atoms with van der Waals surface area (Å²) in [6.45, 7) is 4.77. The Bertz CT molecular complexity index is 285. The molecule has 0 radical (unpaired) electrons. The lowest BCUT2D eigenvalue weighted by Crippen LogP contribution is -2.48. The van der Waals surface area contributed by atoms with Gasteiger partial charge in [-0.2, -0.15) is 0 Å². The van der Waals surface area contributed by atoms with E-state index in [1.807, 2.05) is 13.8 Å². The molecule has 0 unspecified atom stereocenters. The number of nitrogens with two attached hydrogens (primary N) is 1. The van der Waals surface area contributed by atoms with Crippen molar-refractivity contribution in [3.05, 3.63) is 0 Å². The average molecular weight is 241 g/mol. The summed E-state index contributed by atoms with van der Waals surface area (Å²) < 4.78 is 0. The van der Waals surface area contributed by atoms with Crippen LogP contribution >= 0.6 is 0 Å². The highest BCUT2D eigenvalue weighted by molar-refractivity contribution is 5.81. The topological polar surface area (TPSA) is 84.2 Å². The summed E-state index contributed by atoms with van der Waals surface area (Å²) in [7, 11) is 0. The molecule has 0 saturated heterocycles. The normalized spacial score (nSPS) is 15.5. The highest BCUT2D eigenvalue weighted by Gasteiger charge is 2.29.